The van der Waals surface area contributed by atoms with E-state index in [2.05, 4.69) is 0 Å². The van der Waals surface area contributed by atoms with Gasteiger partial charge >= 0.3 is 5.97 Å². The van der Waals surface area contributed by atoms with E-state index in [0.717, 1.165) is 11.1 Å². The number of benzene rings is 1. The maximum atomic E-state index is 12.8. The van der Waals surface area contributed by atoms with E-state index in [-0.39, 0.29) is 12.8 Å². The average molecular weight is 212 g/mol. The second kappa shape index (κ2) is 3.29. The summed E-state index contributed by atoms with van der Waals surface area (Å²) >= 11 is 0. The third-order valence-electron chi connectivity index (χ3n) is 2.97. The van der Waals surface area contributed by atoms with Gasteiger partial charge in [-0.3, -0.25) is 4.79 Å². The fourth-order valence-corrected chi connectivity index (χ4v) is 2.04. The minimum absolute atomic E-state index is 0.0732. The molecule has 0 amide bonds. The van der Waals surface area contributed by atoms with Crippen molar-refractivity contribution in [1.29, 1.82) is 0 Å². The lowest BCUT2D eigenvalue weighted by molar-refractivity contribution is -0.158. The molecule has 0 atom stereocenters. The lowest BCUT2D eigenvalue weighted by Gasteiger charge is -2.22. The van der Waals surface area contributed by atoms with E-state index in [1.807, 2.05) is 0 Å². The average Bonchev–Trinajstić information content (AvgIpc) is 2.57. The van der Waals surface area contributed by atoms with Crippen molar-refractivity contribution in [2.75, 3.05) is 0 Å². The molecule has 1 aliphatic carbocycles. The Balaban J connectivity index is 2.41. The largest absolute Gasteiger partial charge is 0.481 e. The van der Waals surface area contributed by atoms with Gasteiger partial charge in [0.15, 0.2) is 0 Å². The Morgan fingerprint density at radius 3 is 2.07 bits per heavy atom. The normalized spacial score (nSPS) is 17.8. The van der Waals surface area contributed by atoms with Gasteiger partial charge in [0.05, 0.1) is 0 Å². The maximum Gasteiger partial charge on any atom is 0.316 e. The number of rotatable bonds is 2. The zero-order valence-electron chi connectivity index (χ0n) is 7.91. The van der Waals surface area contributed by atoms with E-state index in [0.29, 0.717) is 0 Å². The van der Waals surface area contributed by atoms with Crippen molar-refractivity contribution in [3.05, 3.63) is 35.4 Å². The van der Waals surface area contributed by atoms with Crippen LogP contribution in [0.5, 0.6) is 0 Å². The summed E-state index contributed by atoms with van der Waals surface area (Å²) in [5, 5.41) is 8.93. The first-order chi connectivity index (χ1) is 7.06. The Labute approximate surface area is 85.5 Å². The second-order valence-corrected chi connectivity index (χ2v) is 3.88. The summed E-state index contributed by atoms with van der Waals surface area (Å²) in [4.78, 5) is 11.0. The molecular weight excluding hydrogens is 202 g/mol. The molecule has 15 heavy (non-hydrogen) atoms. The van der Waals surface area contributed by atoms with E-state index >= 15 is 0 Å². The van der Waals surface area contributed by atoms with Gasteiger partial charge in [-0.05, 0) is 24.0 Å². The molecule has 4 heteroatoms. The third kappa shape index (κ3) is 1.40. The SMILES string of the molecule is O=C(O)C1(C(F)F)Cc2ccccc2C1. The molecule has 0 fully saturated rings. The van der Waals surface area contributed by atoms with Crippen LogP contribution in [0.4, 0.5) is 8.78 Å². The predicted octanol–water partition coefficient (Wildman–Crippen LogP) is 2.12. The Morgan fingerprint density at radius 1 is 1.27 bits per heavy atom. The highest BCUT2D eigenvalue weighted by molar-refractivity contribution is 5.77. The highest BCUT2D eigenvalue weighted by atomic mass is 19.3. The molecule has 1 N–H and O–H groups in total. The van der Waals surface area contributed by atoms with Gasteiger partial charge in [0.25, 0.3) is 6.43 Å². The van der Waals surface area contributed by atoms with Crippen molar-refractivity contribution in [1.82, 2.24) is 0 Å². The van der Waals surface area contributed by atoms with Crippen LogP contribution in [0, 0.1) is 5.41 Å². The van der Waals surface area contributed by atoms with Crippen molar-refractivity contribution in [2.24, 2.45) is 5.41 Å². The van der Waals surface area contributed by atoms with Gasteiger partial charge in [0, 0.05) is 0 Å². The first-order valence-corrected chi connectivity index (χ1v) is 4.64. The monoisotopic (exact) mass is 212 g/mol. The summed E-state index contributed by atoms with van der Waals surface area (Å²) < 4.78 is 25.7. The fourth-order valence-electron chi connectivity index (χ4n) is 2.04. The van der Waals surface area contributed by atoms with Gasteiger partial charge in [-0.15, -0.1) is 0 Å². The van der Waals surface area contributed by atoms with E-state index in [9.17, 15) is 13.6 Å². The molecule has 2 rings (SSSR count). The Kier molecular flexibility index (Phi) is 2.21. The first-order valence-electron chi connectivity index (χ1n) is 4.64. The van der Waals surface area contributed by atoms with Gasteiger partial charge < -0.3 is 5.11 Å². The third-order valence-corrected chi connectivity index (χ3v) is 2.97. The van der Waals surface area contributed by atoms with Crippen molar-refractivity contribution in [2.45, 2.75) is 19.3 Å². The molecule has 0 aliphatic heterocycles. The van der Waals surface area contributed by atoms with Gasteiger partial charge in [0.1, 0.15) is 5.41 Å². The number of carboxylic acid groups (broad SMARTS) is 1. The summed E-state index contributed by atoms with van der Waals surface area (Å²) in [6.07, 6.45) is -2.98. The molecule has 1 aromatic carbocycles. The molecule has 1 aromatic rings. The molecule has 0 saturated carbocycles. The smallest absolute Gasteiger partial charge is 0.316 e. The minimum Gasteiger partial charge on any atom is -0.481 e. The van der Waals surface area contributed by atoms with Crippen molar-refractivity contribution >= 4 is 5.97 Å². The number of alkyl halides is 2. The van der Waals surface area contributed by atoms with Gasteiger partial charge in [-0.2, -0.15) is 0 Å². The summed E-state index contributed by atoms with van der Waals surface area (Å²) in [5.41, 5.74) is -0.468. The predicted molar refractivity (Wildman–Crippen MR) is 49.9 cm³/mol. The van der Waals surface area contributed by atoms with E-state index in [1.165, 1.54) is 0 Å². The highest BCUT2D eigenvalue weighted by Crippen LogP contribution is 2.41. The number of fused-ring (bicyclic) bond motifs is 1. The van der Waals surface area contributed by atoms with Crippen molar-refractivity contribution in [3.8, 4) is 0 Å². The highest BCUT2D eigenvalue weighted by Gasteiger charge is 2.51. The molecule has 0 radical (unpaired) electrons. The Bertz CT molecular complexity index is 376. The quantitative estimate of drug-likeness (QED) is 0.815. The van der Waals surface area contributed by atoms with Crippen LogP contribution in [0.2, 0.25) is 0 Å². The number of hydrogen-bond acceptors (Lipinski definition) is 1. The van der Waals surface area contributed by atoms with Crippen molar-refractivity contribution in [3.63, 3.8) is 0 Å². The van der Waals surface area contributed by atoms with Gasteiger partial charge in [-0.25, -0.2) is 8.78 Å². The van der Waals surface area contributed by atoms with E-state index in [1.54, 1.807) is 24.3 Å². The topological polar surface area (TPSA) is 37.3 Å². The van der Waals surface area contributed by atoms with Crippen LogP contribution in [0.25, 0.3) is 0 Å². The summed E-state index contributed by atoms with van der Waals surface area (Å²) in [6, 6.07) is 6.90. The first kappa shape index (κ1) is 10.1. The number of hydrogen-bond donors (Lipinski definition) is 1. The Hall–Kier alpha value is -1.45. The number of carbonyl (C=O) groups is 1. The van der Waals surface area contributed by atoms with Gasteiger partial charge in [-0.1, -0.05) is 24.3 Å². The molecule has 0 saturated heterocycles. The summed E-state index contributed by atoms with van der Waals surface area (Å²) in [6.45, 7) is 0. The minimum atomic E-state index is -2.83. The molecule has 0 aromatic heterocycles. The fraction of sp³-hybridized carbons (Fsp3) is 0.364. The van der Waals surface area contributed by atoms with Crippen LogP contribution in [0.3, 0.4) is 0 Å². The molecule has 1 aliphatic rings. The van der Waals surface area contributed by atoms with Crippen LogP contribution in [0.1, 0.15) is 11.1 Å². The lowest BCUT2D eigenvalue weighted by Crippen LogP contribution is -2.39. The summed E-state index contributed by atoms with van der Waals surface area (Å²) in [7, 11) is 0. The van der Waals surface area contributed by atoms with Gasteiger partial charge in [0.2, 0.25) is 0 Å². The molecule has 80 valence electrons. The zero-order valence-corrected chi connectivity index (χ0v) is 7.91. The number of aliphatic carboxylic acids is 1. The standard InChI is InChI=1S/C11H10F2O2/c12-9(13)11(10(14)15)5-7-3-1-2-4-8(7)6-11/h1-4,9H,5-6H2,(H,14,15). The lowest BCUT2D eigenvalue weighted by atomic mass is 9.85. The molecule has 0 spiro atoms. The van der Waals surface area contributed by atoms with Crippen LogP contribution in [-0.4, -0.2) is 17.5 Å². The maximum absolute atomic E-state index is 12.8. The van der Waals surface area contributed by atoms with Crippen LogP contribution in [0.15, 0.2) is 24.3 Å². The van der Waals surface area contributed by atoms with E-state index in [4.69, 9.17) is 5.11 Å². The molecule has 2 nitrogen and oxygen atoms in total. The number of halogens is 2. The molecular formula is C11H10F2O2. The van der Waals surface area contributed by atoms with Crippen LogP contribution in [-0.2, 0) is 17.6 Å². The Morgan fingerprint density at radius 2 is 1.73 bits per heavy atom. The van der Waals surface area contributed by atoms with Crippen LogP contribution < -0.4 is 0 Å². The summed E-state index contributed by atoms with van der Waals surface area (Å²) in [5.74, 6) is -1.41. The zero-order chi connectivity index (χ0) is 11.1. The molecule has 0 heterocycles. The van der Waals surface area contributed by atoms with Crippen LogP contribution >= 0.6 is 0 Å². The van der Waals surface area contributed by atoms with E-state index < -0.39 is 17.8 Å². The molecule has 0 bridgehead atoms. The molecule has 0 unspecified atom stereocenters. The number of carboxylic acids is 1. The second-order valence-electron chi connectivity index (χ2n) is 3.88. The van der Waals surface area contributed by atoms with Crippen molar-refractivity contribution < 1.29 is 18.7 Å².